The molecular formula is C25H28N4O2. The standard InChI is InChI=1S/C25H28N4O2/c1-16-13-21(24(30)14-19(16)15-25(31)28(5)6)17(2)29(18(3)26-4)23-11-7-10-22-20(23)9-8-12-27-22/h7-14,30H,2,15H2,1,3-6H3. The summed E-state index contributed by atoms with van der Waals surface area (Å²) in [6.07, 6.45) is 1.99. The van der Waals surface area contributed by atoms with E-state index in [2.05, 4.69) is 16.6 Å². The van der Waals surface area contributed by atoms with Gasteiger partial charge in [-0.2, -0.15) is 0 Å². The maximum atomic E-state index is 12.1. The number of pyridine rings is 1. The van der Waals surface area contributed by atoms with Gasteiger partial charge in [-0.15, -0.1) is 0 Å². The highest BCUT2D eigenvalue weighted by atomic mass is 16.3. The van der Waals surface area contributed by atoms with E-state index >= 15 is 0 Å². The van der Waals surface area contributed by atoms with E-state index in [4.69, 9.17) is 0 Å². The van der Waals surface area contributed by atoms with Crippen LogP contribution in [0.3, 0.4) is 0 Å². The van der Waals surface area contributed by atoms with Gasteiger partial charge in [0.2, 0.25) is 5.91 Å². The summed E-state index contributed by atoms with van der Waals surface area (Å²) in [7, 11) is 5.16. The number of hydrogen-bond donors (Lipinski definition) is 1. The smallest absolute Gasteiger partial charge is 0.226 e. The number of aryl methyl sites for hydroxylation is 1. The Labute approximate surface area is 183 Å². The maximum absolute atomic E-state index is 12.1. The summed E-state index contributed by atoms with van der Waals surface area (Å²) in [5.74, 6) is 0.780. The number of phenols is 1. The average Bonchev–Trinajstić information content (AvgIpc) is 2.75. The van der Waals surface area contributed by atoms with Crippen LogP contribution in [0.1, 0.15) is 23.6 Å². The zero-order chi connectivity index (χ0) is 22.7. The summed E-state index contributed by atoms with van der Waals surface area (Å²) < 4.78 is 0. The van der Waals surface area contributed by atoms with Gasteiger partial charge in [-0.1, -0.05) is 12.6 Å². The van der Waals surface area contributed by atoms with Gasteiger partial charge in [0.1, 0.15) is 11.6 Å². The van der Waals surface area contributed by atoms with E-state index in [0.717, 1.165) is 33.6 Å². The Morgan fingerprint density at radius 1 is 1.19 bits per heavy atom. The summed E-state index contributed by atoms with van der Waals surface area (Å²) in [6, 6.07) is 13.3. The van der Waals surface area contributed by atoms with Crippen LogP contribution in [0.4, 0.5) is 5.69 Å². The molecule has 0 aliphatic heterocycles. The summed E-state index contributed by atoms with van der Waals surface area (Å²) in [4.78, 5) is 24.4. The molecule has 31 heavy (non-hydrogen) atoms. The van der Waals surface area contributed by atoms with Gasteiger partial charge in [-0.05, 0) is 61.4 Å². The van der Waals surface area contributed by atoms with Crippen molar-refractivity contribution in [3.63, 3.8) is 0 Å². The number of nitrogens with zero attached hydrogens (tertiary/aromatic N) is 4. The molecule has 1 aromatic heterocycles. The molecule has 0 bridgehead atoms. The molecule has 3 aromatic rings. The molecule has 0 saturated carbocycles. The zero-order valence-electron chi connectivity index (χ0n) is 18.7. The SMILES string of the molecule is C=C(c1cc(C)c(CC(=O)N(C)C)cc1O)N(C(C)=NC)c1cccc2ncccc12. The van der Waals surface area contributed by atoms with Gasteiger partial charge < -0.3 is 10.0 Å². The number of benzene rings is 2. The maximum Gasteiger partial charge on any atom is 0.226 e. The number of anilines is 1. The number of hydrogen-bond acceptors (Lipinski definition) is 4. The van der Waals surface area contributed by atoms with E-state index in [1.807, 2.05) is 55.1 Å². The summed E-state index contributed by atoms with van der Waals surface area (Å²) in [5, 5.41) is 11.8. The zero-order valence-corrected chi connectivity index (χ0v) is 18.7. The molecule has 1 N–H and O–H groups in total. The largest absolute Gasteiger partial charge is 0.507 e. The molecule has 3 rings (SSSR count). The number of amides is 1. The number of fused-ring (bicyclic) bond motifs is 1. The fourth-order valence-electron chi connectivity index (χ4n) is 3.50. The molecule has 160 valence electrons. The predicted octanol–water partition coefficient (Wildman–Crippen LogP) is 4.41. The number of carbonyl (C=O) groups is 1. The highest BCUT2D eigenvalue weighted by Gasteiger charge is 2.21. The molecule has 1 heterocycles. The van der Waals surface area contributed by atoms with Gasteiger partial charge in [-0.25, -0.2) is 0 Å². The Hall–Kier alpha value is -3.67. The lowest BCUT2D eigenvalue weighted by Gasteiger charge is -2.28. The summed E-state index contributed by atoms with van der Waals surface area (Å²) in [5.41, 5.74) is 4.61. The first-order valence-electron chi connectivity index (χ1n) is 10.0. The second-order valence-electron chi connectivity index (χ2n) is 7.66. The molecule has 6 nitrogen and oxygen atoms in total. The van der Waals surface area contributed by atoms with Crippen molar-refractivity contribution in [1.82, 2.24) is 9.88 Å². The van der Waals surface area contributed by atoms with Crippen molar-refractivity contribution in [3.05, 3.63) is 71.9 Å². The van der Waals surface area contributed by atoms with Crippen molar-refractivity contribution >= 4 is 34.0 Å². The van der Waals surface area contributed by atoms with Crippen LogP contribution >= 0.6 is 0 Å². The average molecular weight is 417 g/mol. The van der Waals surface area contributed by atoms with Crippen LogP contribution in [0.2, 0.25) is 0 Å². The predicted molar refractivity (Wildman–Crippen MR) is 128 cm³/mol. The topological polar surface area (TPSA) is 69.0 Å². The molecule has 0 spiro atoms. The number of amidine groups is 1. The number of likely N-dealkylation sites (N-methyl/N-ethyl adjacent to an activating group) is 1. The minimum absolute atomic E-state index is 0.0204. The van der Waals surface area contributed by atoms with Gasteiger partial charge in [0.15, 0.2) is 0 Å². The van der Waals surface area contributed by atoms with Crippen LogP contribution in [-0.4, -0.2) is 47.9 Å². The van der Waals surface area contributed by atoms with Gasteiger partial charge in [0.05, 0.1) is 23.3 Å². The van der Waals surface area contributed by atoms with Crippen molar-refractivity contribution in [2.24, 2.45) is 4.99 Å². The third-order valence-electron chi connectivity index (χ3n) is 5.39. The first-order valence-corrected chi connectivity index (χ1v) is 10.0. The first kappa shape index (κ1) is 22.0. The minimum atomic E-state index is -0.0204. The van der Waals surface area contributed by atoms with Gasteiger partial charge in [-0.3, -0.25) is 19.7 Å². The molecule has 0 radical (unpaired) electrons. The highest BCUT2D eigenvalue weighted by Crippen LogP contribution is 2.36. The highest BCUT2D eigenvalue weighted by molar-refractivity contribution is 6.12. The fraction of sp³-hybridized carbons (Fsp3) is 0.240. The molecule has 0 atom stereocenters. The third-order valence-corrected chi connectivity index (χ3v) is 5.39. The second-order valence-corrected chi connectivity index (χ2v) is 7.66. The molecule has 1 amide bonds. The van der Waals surface area contributed by atoms with Gasteiger partial charge >= 0.3 is 0 Å². The number of phenolic OH excluding ortho intramolecular Hbond substituents is 1. The molecular weight excluding hydrogens is 388 g/mol. The molecule has 0 aliphatic carbocycles. The lowest BCUT2D eigenvalue weighted by molar-refractivity contribution is -0.127. The number of aromatic hydroxyl groups is 1. The van der Waals surface area contributed by atoms with Gasteiger partial charge in [0, 0.05) is 38.3 Å². The Morgan fingerprint density at radius 2 is 1.94 bits per heavy atom. The van der Waals surface area contributed by atoms with Crippen LogP contribution in [0.15, 0.2) is 60.2 Å². The van der Waals surface area contributed by atoms with E-state index in [-0.39, 0.29) is 18.1 Å². The second kappa shape index (κ2) is 9.00. The molecule has 2 aromatic carbocycles. The lowest BCUT2D eigenvalue weighted by Crippen LogP contribution is -2.27. The quantitative estimate of drug-likeness (QED) is 0.494. The van der Waals surface area contributed by atoms with Gasteiger partial charge in [0.25, 0.3) is 0 Å². The normalized spacial score (nSPS) is 11.5. The Balaban J connectivity index is 2.09. The minimum Gasteiger partial charge on any atom is -0.507 e. The van der Waals surface area contributed by atoms with E-state index in [9.17, 15) is 9.90 Å². The van der Waals surface area contributed by atoms with Crippen molar-refractivity contribution in [2.75, 3.05) is 26.0 Å². The molecule has 0 saturated heterocycles. The Bertz CT molecular complexity index is 1180. The molecule has 0 unspecified atom stereocenters. The summed E-state index contributed by atoms with van der Waals surface area (Å²) in [6.45, 7) is 8.12. The third kappa shape index (κ3) is 4.43. The van der Waals surface area contributed by atoms with Crippen molar-refractivity contribution in [1.29, 1.82) is 0 Å². The molecule has 0 fully saturated rings. The summed E-state index contributed by atoms with van der Waals surface area (Å²) >= 11 is 0. The van der Waals surface area contributed by atoms with Crippen LogP contribution in [0, 0.1) is 6.92 Å². The van der Waals surface area contributed by atoms with E-state index in [1.54, 1.807) is 38.3 Å². The van der Waals surface area contributed by atoms with Crippen LogP contribution in [0.25, 0.3) is 16.6 Å². The van der Waals surface area contributed by atoms with Crippen LogP contribution in [-0.2, 0) is 11.2 Å². The van der Waals surface area contributed by atoms with E-state index in [0.29, 0.717) is 11.3 Å². The fourth-order valence-corrected chi connectivity index (χ4v) is 3.50. The first-order chi connectivity index (χ1) is 14.7. The molecule has 6 heteroatoms. The van der Waals surface area contributed by atoms with Crippen molar-refractivity contribution in [2.45, 2.75) is 20.3 Å². The lowest BCUT2D eigenvalue weighted by atomic mass is 9.98. The van der Waals surface area contributed by atoms with Crippen LogP contribution < -0.4 is 4.90 Å². The van der Waals surface area contributed by atoms with Crippen LogP contribution in [0.5, 0.6) is 5.75 Å². The van der Waals surface area contributed by atoms with Crippen molar-refractivity contribution in [3.8, 4) is 5.75 Å². The number of carbonyl (C=O) groups excluding carboxylic acids is 1. The molecule has 0 aliphatic rings. The Morgan fingerprint density at radius 3 is 2.61 bits per heavy atom. The van der Waals surface area contributed by atoms with E-state index < -0.39 is 0 Å². The number of rotatable bonds is 5. The van der Waals surface area contributed by atoms with Crippen molar-refractivity contribution < 1.29 is 9.90 Å². The Kier molecular flexibility index (Phi) is 6.39. The number of aliphatic imine (C=N–C) groups is 1. The number of aromatic nitrogens is 1. The monoisotopic (exact) mass is 416 g/mol. The van der Waals surface area contributed by atoms with E-state index in [1.165, 1.54) is 0 Å².